The maximum Gasteiger partial charge on any atom is 0.322 e. The van der Waals surface area contributed by atoms with Crippen LogP contribution in [-0.4, -0.2) is 30.4 Å². The summed E-state index contributed by atoms with van der Waals surface area (Å²) in [5, 5.41) is 7.34. The van der Waals surface area contributed by atoms with Crippen molar-refractivity contribution in [1.29, 1.82) is 0 Å². The Hall–Kier alpha value is -2.31. The number of carbonyl (C=O) groups excluding carboxylic acids is 3. The smallest absolute Gasteiger partial charge is 0.322 e. The van der Waals surface area contributed by atoms with Crippen LogP contribution in [-0.2, 0) is 16.0 Å². The predicted molar refractivity (Wildman–Crippen MR) is 69.7 cm³/mol. The number of hydrogen-bond donors (Lipinski definition) is 3. The number of hydrogen-bond acceptors (Lipinski definition) is 4. The summed E-state index contributed by atoms with van der Waals surface area (Å²) in [6, 6.07) is 2.41. The van der Waals surface area contributed by atoms with Crippen LogP contribution in [0.5, 0.6) is 0 Å². The molecule has 1 aromatic rings. The van der Waals surface area contributed by atoms with Crippen LogP contribution < -0.4 is 16.0 Å². The van der Waals surface area contributed by atoms with Gasteiger partial charge in [-0.05, 0) is 25.0 Å². The highest BCUT2D eigenvalue weighted by Gasteiger charge is 2.25. The molecule has 0 aromatic carbocycles. The average molecular weight is 279 g/mol. The summed E-state index contributed by atoms with van der Waals surface area (Å²) in [7, 11) is 0. The van der Waals surface area contributed by atoms with Gasteiger partial charge in [0, 0.05) is 19.4 Å². The molecule has 0 saturated carbocycles. The lowest BCUT2D eigenvalue weighted by atomic mass is 10.1. The van der Waals surface area contributed by atoms with E-state index >= 15 is 0 Å². The summed E-state index contributed by atoms with van der Waals surface area (Å²) in [6.45, 7) is 0.493. The van der Waals surface area contributed by atoms with Crippen LogP contribution >= 0.6 is 0 Å². The quantitative estimate of drug-likeness (QED) is 0.675. The molecule has 2 rings (SSSR count). The van der Waals surface area contributed by atoms with E-state index < -0.39 is 12.1 Å². The van der Waals surface area contributed by atoms with Crippen LogP contribution in [0.15, 0.2) is 22.8 Å². The van der Waals surface area contributed by atoms with Crippen LogP contribution in [0.1, 0.15) is 25.0 Å². The zero-order chi connectivity index (χ0) is 14.4. The molecule has 3 N–H and O–H groups in total. The number of amides is 4. The Labute approximate surface area is 116 Å². The van der Waals surface area contributed by atoms with Gasteiger partial charge in [-0.3, -0.25) is 14.9 Å². The summed E-state index contributed by atoms with van der Waals surface area (Å²) in [5.74, 6) is 0.238. The predicted octanol–water partition coefficient (Wildman–Crippen LogP) is 0.317. The Kier molecular flexibility index (Phi) is 4.75. The fraction of sp³-hybridized carbons (Fsp3) is 0.462. The van der Waals surface area contributed by atoms with E-state index in [1.807, 2.05) is 12.1 Å². The van der Waals surface area contributed by atoms with E-state index in [4.69, 9.17) is 4.42 Å². The van der Waals surface area contributed by atoms with E-state index in [-0.39, 0.29) is 18.2 Å². The number of furan rings is 1. The number of imide groups is 1. The summed E-state index contributed by atoms with van der Waals surface area (Å²) < 4.78 is 5.18. The Morgan fingerprint density at radius 1 is 1.45 bits per heavy atom. The van der Waals surface area contributed by atoms with E-state index in [9.17, 15) is 14.4 Å². The fourth-order valence-electron chi connectivity index (χ4n) is 1.98. The topological polar surface area (TPSA) is 100 Å². The number of nitrogens with one attached hydrogen (secondary N) is 3. The maximum absolute atomic E-state index is 11.9. The number of carbonyl (C=O) groups is 3. The van der Waals surface area contributed by atoms with Crippen molar-refractivity contribution in [3.05, 3.63) is 24.2 Å². The first kappa shape index (κ1) is 14.1. The van der Waals surface area contributed by atoms with Gasteiger partial charge in [-0.1, -0.05) is 0 Å². The molecule has 7 heteroatoms. The number of aryl methyl sites for hydroxylation is 1. The maximum atomic E-state index is 11.9. The zero-order valence-electron chi connectivity index (χ0n) is 11.0. The fourth-order valence-corrected chi connectivity index (χ4v) is 1.98. The monoisotopic (exact) mass is 279 g/mol. The van der Waals surface area contributed by atoms with Gasteiger partial charge in [0.25, 0.3) is 0 Å². The second kappa shape index (κ2) is 6.74. The van der Waals surface area contributed by atoms with Crippen molar-refractivity contribution < 1.29 is 18.8 Å². The molecule has 0 aliphatic carbocycles. The molecule has 20 heavy (non-hydrogen) atoms. The van der Waals surface area contributed by atoms with Gasteiger partial charge < -0.3 is 15.1 Å². The van der Waals surface area contributed by atoms with Crippen LogP contribution in [0.3, 0.4) is 0 Å². The minimum Gasteiger partial charge on any atom is -0.469 e. The molecule has 7 nitrogen and oxygen atoms in total. The van der Waals surface area contributed by atoms with E-state index in [0.29, 0.717) is 13.0 Å². The third-order valence-corrected chi connectivity index (χ3v) is 3.01. The van der Waals surface area contributed by atoms with Crippen molar-refractivity contribution in [3.8, 4) is 0 Å². The van der Waals surface area contributed by atoms with Crippen molar-refractivity contribution in [2.45, 2.75) is 31.7 Å². The molecular formula is C13H17N3O4. The zero-order valence-corrected chi connectivity index (χ0v) is 11.0. The van der Waals surface area contributed by atoms with Gasteiger partial charge in [0.1, 0.15) is 11.8 Å². The summed E-state index contributed by atoms with van der Waals surface area (Å²) in [6.07, 6.45) is 3.56. The second-order valence-electron chi connectivity index (χ2n) is 4.59. The normalized spacial score (nSPS) is 18.9. The lowest BCUT2D eigenvalue weighted by Crippen LogP contribution is -2.48. The van der Waals surface area contributed by atoms with Crippen LogP contribution in [0.25, 0.3) is 0 Å². The SMILES string of the molecule is O=C1CCC(C(=O)NCCCc2ccco2)NC(=O)N1. The summed E-state index contributed by atoms with van der Waals surface area (Å²) >= 11 is 0. The highest BCUT2D eigenvalue weighted by molar-refractivity contribution is 5.98. The first-order chi connectivity index (χ1) is 9.65. The van der Waals surface area contributed by atoms with Crippen molar-refractivity contribution in [1.82, 2.24) is 16.0 Å². The molecule has 1 saturated heterocycles. The van der Waals surface area contributed by atoms with Crippen LogP contribution in [0, 0.1) is 0 Å². The van der Waals surface area contributed by atoms with Gasteiger partial charge in [0.05, 0.1) is 6.26 Å². The highest BCUT2D eigenvalue weighted by Crippen LogP contribution is 2.04. The molecule has 2 heterocycles. The largest absolute Gasteiger partial charge is 0.469 e. The Bertz CT molecular complexity index is 484. The second-order valence-corrected chi connectivity index (χ2v) is 4.59. The lowest BCUT2D eigenvalue weighted by Gasteiger charge is -2.14. The van der Waals surface area contributed by atoms with Crippen molar-refractivity contribution in [3.63, 3.8) is 0 Å². The molecule has 0 bridgehead atoms. The first-order valence-corrected chi connectivity index (χ1v) is 6.55. The molecule has 1 atom stereocenters. The van der Waals surface area contributed by atoms with Gasteiger partial charge in [0.15, 0.2) is 0 Å². The molecule has 108 valence electrons. The number of urea groups is 1. The van der Waals surface area contributed by atoms with E-state index in [1.54, 1.807) is 6.26 Å². The Balaban J connectivity index is 1.71. The molecule has 1 aromatic heterocycles. The minimum atomic E-state index is -0.662. The van der Waals surface area contributed by atoms with Crippen molar-refractivity contribution in [2.24, 2.45) is 0 Å². The Morgan fingerprint density at radius 3 is 3.05 bits per heavy atom. The van der Waals surface area contributed by atoms with Gasteiger partial charge in [0.2, 0.25) is 11.8 Å². The Morgan fingerprint density at radius 2 is 2.30 bits per heavy atom. The molecule has 1 aliphatic rings. The molecule has 1 unspecified atom stereocenters. The highest BCUT2D eigenvalue weighted by atomic mass is 16.3. The van der Waals surface area contributed by atoms with Crippen LogP contribution in [0.2, 0.25) is 0 Å². The third-order valence-electron chi connectivity index (χ3n) is 3.01. The molecular weight excluding hydrogens is 262 g/mol. The van der Waals surface area contributed by atoms with E-state index in [0.717, 1.165) is 18.6 Å². The standard InChI is InChI=1S/C13H17N3O4/c17-11-6-5-10(15-13(19)16-11)12(18)14-7-1-3-9-4-2-8-20-9/h2,4,8,10H,1,3,5-7H2,(H,14,18)(H2,15,16,17,19). The van der Waals surface area contributed by atoms with Crippen molar-refractivity contribution in [2.75, 3.05) is 6.54 Å². The average Bonchev–Trinajstić information content (AvgIpc) is 2.86. The van der Waals surface area contributed by atoms with E-state index in [2.05, 4.69) is 16.0 Å². The minimum absolute atomic E-state index is 0.156. The third kappa shape index (κ3) is 4.11. The first-order valence-electron chi connectivity index (χ1n) is 6.55. The molecule has 0 spiro atoms. The summed E-state index contributed by atoms with van der Waals surface area (Å²) in [5.41, 5.74) is 0. The molecule has 4 amide bonds. The van der Waals surface area contributed by atoms with Gasteiger partial charge in [-0.2, -0.15) is 0 Å². The van der Waals surface area contributed by atoms with Crippen molar-refractivity contribution >= 4 is 17.8 Å². The van der Waals surface area contributed by atoms with Gasteiger partial charge in [-0.25, -0.2) is 4.79 Å². The molecule has 0 radical (unpaired) electrons. The number of rotatable bonds is 5. The van der Waals surface area contributed by atoms with Gasteiger partial charge in [-0.15, -0.1) is 0 Å². The lowest BCUT2D eigenvalue weighted by molar-refractivity contribution is -0.123. The molecule has 1 fully saturated rings. The van der Waals surface area contributed by atoms with Crippen LogP contribution in [0.4, 0.5) is 4.79 Å². The summed E-state index contributed by atoms with van der Waals surface area (Å²) in [4.78, 5) is 34.3. The van der Waals surface area contributed by atoms with Gasteiger partial charge >= 0.3 is 6.03 Å². The van der Waals surface area contributed by atoms with E-state index in [1.165, 1.54) is 0 Å². The molecule has 1 aliphatic heterocycles.